The molecule has 0 atom stereocenters. The van der Waals surface area contributed by atoms with E-state index in [1.165, 1.54) is 22.1 Å². The number of nitrogens with zero attached hydrogens (tertiary/aromatic N) is 3. The van der Waals surface area contributed by atoms with Crippen molar-refractivity contribution in [2.75, 3.05) is 18.0 Å². The molecule has 0 unspecified atom stereocenters. The van der Waals surface area contributed by atoms with Crippen LogP contribution in [-0.4, -0.2) is 34.1 Å². The fourth-order valence-electron chi connectivity index (χ4n) is 4.66. The molecule has 3 aromatic heterocycles. The highest BCUT2D eigenvalue weighted by molar-refractivity contribution is 5.93. The fraction of sp³-hybridized carbons (Fsp3) is 0.308. The Morgan fingerprint density at radius 1 is 0.903 bits per heavy atom. The first kappa shape index (κ1) is 19.8. The van der Waals surface area contributed by atoms with E-state index in [0.717, 1.165) is 59.9 Å². The number of anilines is 1. The minimum absolute atomic E-state index is 0.330. The largest absolute Gasteiger partial charge is 0.357 e. The van der Waals surface area contributed by atoms with Crippen molar-refractivity contribution in [3.8, 4) is 22.4 Å². The molecule has 4 aromatic rings. The lowest BCUT2D eigenvalue weighted by atomic mass is 10.0. The van der Waals surface area contributed by atoms with E-state index in [2.05, 4.69) is 64.3 Å². The van der Waals surface area contributed by atoms with Crippen LogP contribution in [0.5, 0.6) is 0 Å². The van der Waals surface area contributed by atoms with Crippen molar-refractivity contribution in [1.29, 1.82) is 0 Å². The molecule has 1 aliphatic heterocycles. The molecule has 5 heteroatoms. The van der Waals surface area contributed by atoms with E-state index >= 15 is 0 Å². The number of nitrogens with one attached hydrogen (secondary N) is 1. The van der Waals surface area contributed by atoms with Crippen LogP contribution in [0, 0.1) is 20.8 Å². The summed E-state index contributed by atoms with van der Waals surface area (Å²) in [5.74, 6) is 1.04. The molecule has 5 rings (SSSR count). The molecule has 0 aliphatic carbocycles. The summed E-state index contributed by atoms with van der Waals surface area (Å²) < 4.78 is 0. The minimum Gasteiger partial charge on any atom is -0.357 e. The Labute approximate surface area is 183 Å². The Hall–Kier alpha value is -3.18. The normalized spacial score (nSPS) is 15.0. The second kappa shape index (κ2) is 7.82. The van der Waals surface area contributed by atoms with Crippen molar-refractivity contribution >= 4 is 16.7 Å². The predicted octanol–water partition coefficient (Wildman–Crippen LogP) is 5.14. The van der Waals surface area contributed by atoms with E-state index in [-0.39, 0.29) is 0 Å². The summed E-state index contributed by atoms with van der Waals surface area (Å²) in [6.07, 6.45) is 4.05. The van der Waals surface area contributed by atoms with Gasteiger partial charge in [0, 0.05) is 64.4 Å². The van der Waals surface area contributed by atoms with E-state index in [1.54, 1.807) is 0 Å². The molecule has 0 bridgehead atoms. The highest BCUT2D eigenvalue weighted by Gasteiger charge is 2.17. The summed E-state index contributed by atoms with van der Waals surface area (Å²) in [4.78, 5) is 15.2. The number of benzene rings is 1. The molecule has 0 radical (unpaired) electrons. The van der Waals surface area contributed by atoms with Gasteiger partial charge in [0.2, 0.25) is 0 Å². The Morgan fingerprint density at radius 3 is 2.29 bits per heavy atom. The number of aromatic amines is 1. The average Bonchev–Trinajstić information content (AvgIpc) is 3.10. The molecule has 1 aliphatic rings. The van der Waals surface area contributed by atoms with Crippen molar-refractivity contribution in [1.82, 2.24) is 15.0 Å². The Morgan fingerprint density at radius 2 is 1.61 bits per heavy atom. The number of aromatic nitrogens is 3. The number of hydrogen-bond donors (Lipinski definition) is 2. The molecule has 4 heterocycles. The van der Waals surface area contributed by atoms with Gasteiger partial charge in [0.1, 0.15) is 5.82 Å². The number of piperidine rings is 1. The van der Waals surface area contributed by atoms with Crippen LogP contribution in [0.4, 0.5) is 5.82 Å². The van der Waals surface area contributed by atoms with E-state index in [0.29, 0.717) is 6.04 Å². The Balaban J connectivity index is 1.46. The predicted molar refractivity (Wildman–Crippen MR) is 128 cm³/mol. The number of aryl methyl sites for hydroxylation is 3. The van der Waals surface area contributed by atoms with Gasteiger partial charge < -0.3 is 15.6 Å². The van der Waals surface area contributed by atoms with Crippen molar-refractivity contribution in [3.05, 3.63) is 65.6 Å². The Bertz CT molecular complexity index is 1210. The maximum atomic E-state index is 6.03. The smallest absolute Gasteiger partial charge is 0.128 e. The molecule has 0 amide bonds. The van der Waals surface area contributed by atoms with Gasteiger partial charge in [-0.05, 0) is 75.1 Å². The standard InChI is InChI=1S/C26H29N5/c1-16-12-21(13-17(2)29-16)26-18(3)23-6-4-19(14-24(23)30-26)20-5-7-25(28-15-20)31-10-8-22(27)9-11-31/h4-7,12-15,22,30H,8-11,27H2,1-3H3. The van der Waals surface area contributed by atoms with E-state index < -0.39 is 0 Å². The first-order valence-corrected chi connectivity index (χ1v) is 11.0. The number of rotatable bonds is 3. The summed E-state index contributed by atoms with van der Waals surface area (Å²) in [6, 6.07) is 15.5. The van der Waals surface area contributed by atoms with Gasteiger partial charge in [-0.25, -0.2) is 4.98 Å². The molecule has 158 valence electrons. The van der Waals surface area contributed by atoms with Crippen LogP contribution >= 0.6 is 0 Å². The van der Waals surface area contributed by atoms with Crippen LogP contribution in [0.25, 0.3) is 33.3 Å². The highest BCUT2D eigenvalue weighted by atomic mass is 15.2. The zero-order valence-electron chi connectivity index (χ0n) is 18.4. The lowest BCUT2D eigenvalue weighted by Gasteiger charge is -2.31. The second-order valence-electron chi connectivity index (χ2n) is 8.75. The lowest BCUT2D eigenvalue weighted by Crippen LogP contribution is -2.40. The second-order valence-corrected chi connectivity index (χ2v) is 8.75. The van der Waals surface area contributed by atoms with E-state index in [9.17, 15) is 0 Å². The van der Waals surface area contributed by atoms with Crippen LogP contribution in [0.2, 0.25) is 0 Å². The van der Waals surface area contributed by atoms with Crippen LogP contribution in [0.1, 0.15) is 29.8 Å². The summed E-state index contributed by atoms with van der Waals surface area (Å²) in [5.41, 5.74) is 15.2. The molecule has 1 saturated heterocycles. The van der Waals surface area contributed by atoms with Crippen molar-refractivity contribution < 1.29 is 0 Å². The molecule has 31 heavy (non-hydrogen) atoms. The maximum Gasteiger partial charge on any atom is 0.128 e. The first-order chi connectivity index (χ1) is 15.0. The molecular formula is C26H29N5. The Kier molecular flexibility index (Phi) is 4.98. The van der Waals surface area contributed by atoms with Gasteiger partial charge >= 0.3 is 0 Å². The lowest BCUT2D eigenvalue weighted by molar-refractivity contribution is 0.498. The average molecular weight is 412 g/mol. The molecular weight excluding hydrogens is 382 g/mol. The van der Waals surface area contributed by atoms with Crippen LogP contribution < -0.4 is 10.6 Å². The van der Waals surface area contributed by atoms with Gasteiger partial charge in [-0.1, -0.05) is 12.1 Å². The third-order valence-corrected chi connectivity index (χ3v) is 6.37. The van der Waals surface area contributed by atoms with Gasteiger partial charge in [-0.2, -0.15) is 0 Å². The van der Waals surface area contributed by atoms with E-state index in [1.807, 2.05) is 20.0 Å². The minimum atomic E-state index is 0.330. The topological polar surface area (TPSA) is 70.8 Å². The number of nitrogens with two attached hydrogens (primary N) is 1. The number of hydrogen-bond acceptors (Lipinski definition) is 4. The van der Waals surface area contributed by atoms with Crippen molar-refractivity contribution in [2.24, 2.45) is 5.73 Å². The molecule has 1 aromatic carbocycles. The third-order valence-electron chi connectivity index (χ3n) is 6.37. The van der Waals surface area contributed by atoms with Gasteiger partial charge in [0.15, 0.2) is 0 Å². The number of H-pyrrole nitrogens is 1. The van der Waals surface area contributed by atoms with Crippen LogP contribution in [0.3, 0.4) is 0 Å². The zero-order valence-corrected chi connectivity index (χ0v) is 18.4. The monoisotopic (exact) mass is 411 g/mol. The fourth-order valence-corrected chi connectivity index (χ4v) is 4.66. The molecule has 1 fully saturated rings. The molecule has 3 N–H and O–H groups in total. The van der Waals surface area contributed by atoms with Crippen molar-refractivity contribution in [3.63, 3.8) is 0 Å². The zero-order chi connectivity index (χ0) is 21.5. The quantitative estimate of drug-likeness (QED) is 0.489. The summed E-state index contributed by atoms with van der Waals surface area (Å²) in [6.45, 7) is 8.23. The van der Waals surface area contributed by atoms with Crippen LogP contribution in [-0.2, 0) is 0 Å². The highest BCUT2D eigenvalue weighted by Crippen LogP contribution is 2.33. The summed E-state index contributed by atoms with van der Waals surface area (Å²) in [7, 11) is 0. The molecule has 0 spiro atoms. The first-order valence-electron chi connectivity index (χ1n) is 11.0. The SMILES string of the molecule is Cc1cc(-c2[nH]c3cc(-c4ccc(N5CCC(N)CC5)nc4)ccc3c2C)cc(C)n1. The molecule has 5 nitrogen and oxygen atoms in total. The van der Waals surface area contributed by atoms with Crippen molar-refractivity contribution in [2.45, 2.75) is 39.7 Å². The van der Waals surface area contributed by atoms with Gasteiger partial charge in [-0.3, -0.25) is 4.98 Å². The van der Waals surface area contributed by atoms with E-state index in [4.69, 9.17) is 10.7 Å². The molecule has 0 saturated carbocycles. The van der Waals surface area contributed by atoms with Gasteiger partial charge in [0.25, 0.3) is 0 Å². The van der Waals surface area contributed by atoms with Gasteiger partial charge in [0.05, 0.1) is 0 Å². The summed E-state index contributed by atoms with van der Waals surface area (Å²) >= 11 is 0. The summed E-state index contributed by atoms with van der Waals surface area (Å²) in [5, 5.41) is 1.25. The van der Waals surface area contributed by atoms with Gasteiger partial charge in [-0.15, -0.1) is 0 Å². The maximum absolute atomic E-state index is 6.03. The number of fused-ring (bicyclic) bond motifs is 1. The third kappa shape index (κ3) is 3.81. The number of pyridine rings is 2. The van der Waals surface area contributed by atoms with Crippen LogP contribution in [0.15, 0.2) is 48.7 Å².